The first-order valence-electron chi connectivity index (χ1n) is 8.26. The molecule has 118 valence electrons. The van der Waals surface area contributed by atoms with Crippen LogP contribution in [0.25, 0.3) is 0 Å². The van der Waals surface area contributed by atoms with E-state index < -0.39 is 0 Å². The molecule has 0 radical (unpaired) electrons. The zero-order valence-corrected chi connectivity index (χ0v) is 13.6. The van der Waals surface area contributed by atoms with E-state index in [1.54, 1.807) is 0 Å². The molecule has 1 aromatic carbocycles. The molecule has 3 heteroatoms. The van der Waals surface area contributed by atoms with Gasteiger partial charge in [-0.1, -0.05) is 25.5 Å². The van der Waals surface area contributed by atoms with Gasteiger partial charge in [0.15, 0.2) is 0 Å². The second-order valence-corrected chi connectivity index (χ2v) is 6.60. The van der Waals surface area contributed by atoms with E-state index in [-0.39, 0.29) is 17.9 Å². The Morgan fingerprint density at radius 1 is 1.19 bits per heavy atom. The van der Waals surface area contributed by atoms with Gasteiger partial charge in [-0.3, -0.25) is 4.90 Å². The molecule has 1 aliphatic carbocycles. The highest BCUT2D eigenvalue weighted by Gasteiger charge is 2.30. The fourth-order valence-electron chi connectivity index (χ4n) is 3.76. The maximum absolute atomic E-state index is 13.1. The maximum Gasteiger partial charge on any atom is 0.123 e. The van der Waals surface area contributed by atoms with E-state index in [0.717, 1.165) is 11.5 Å². The highest BCUT2D eigenvalue weighted by molar-refractivity contribution is 5.21. The van der Waals surface area contributed by atoms with Crippen LogP contribution in [0.15, 0.2) is 24.3 Å². The summed E-state index contributed by atoms with van der Waals surface area (Å²) in [5, 5.41) is 0. The Kier molecular flexibility index (Phi) is 5.77. The van der Waals surface area contributed by atoms with Crippen molar-refractivity contribution in [2.45, 2.75) is 64.1 Å². The third kappa shape index (κ3) is 4.04. The third-order valence-corrected chi connectivity index (χ3v) is 5.12. The quantitative estimate of drug-likeness (QED) is 0.884. The number of hydrogen-bond acceptors (Lipinski definition) is 2. The summed E-state index contributed by atoms with van der Waals surface area (Å²) in [7, 11) is 2.17. The van der Waals surface area contributed by atoms with Crippen LogP contribution >= 0.6 is 0 Å². The first-order chi connectivity index (χ1) is 10.0. The molecule has 1 fully saturated rings. The molecule has 0 heterocycles. The van der Waals surface area contributed by atoms with Crippen LogP contribution in [0.4, 0.5) is 4.39 Å². The minimum atomic E-state index is -0.187. The molecule has 0 aliphatic heterocycles. The number of rotatable bonds is 5. The van der Waals surface area contributed by atoms with Crippen molar-refractivity contribution in [1.82, 2.24) is 4.90 Å². The number of likely N-dealkylation sites (N-methyl/N-ethyl adjacent to an activating group) is 1. The van der Waals surface area contributed by atoms with E-state index in [2.05, 4.69) is 18.9 Å². The van der Waals surface area contributed by atoms with Crippen molar-refractivity contribution in [2.75, 3.05) is 7.05 Å². The molecular formula is C18H29FN2. The van der Waals surface area contributed by atoms with Crippen LogP contribution < -0.4 is 5.73 Å². The van der Waals surface area contributed by atoms with Crippen LogP contribution in [-0.4, -0.2) is 24.0 Å². The summed E-state index contributed by atoms with van der Waals surface area (Å²) in [6, 6.07) is 7.60. The molecule has 2 atom stereocenters. The molecule has 0 spiro atoms. The smallest absolute Gasteiger partial charge is 0.123 e. The summed E-state index contributed by atoms with van der Waals surface area (Å²) < 4.78 is 13.1. The number of halogens is 1. The summed E-state index contributed by atoms with van der Waals surface area (Å²) >= 11 is 0. The van der Waals surface area contributed by atoms with Crippen LogP contribution in [0.3, 0.4) is 0 Å². The SMILES string of the molecule is CCC1CCC(N(C)C(c2ccc(F)cc2)C(C)N)CC1. The zero-order chi connectivity index (χ0) is 15.4. The zero-order valence-electron chi connectivity index (χ0n) is 13.6. The number of nitrogens with zero attached hydrogens (tertiary/aromatic N) is 1. The molecular weight excluding hydrogens is 263 g/mol. The van der Waals surface area contributed by atoms with Crippen LogP contribution in [-0.2, 0) is 0 Å². The van der Waals surface area contributed by atoms with Gasteiger partial charge in [0.05, 0.1) is 0 Å². The van der Waals surface area contributed by atoms with E-state index >= 15 is 0 Å². The van der Waals surface area contributed by atoms with Crippen molar-refractivity contribution in [3.8, 4) is 0 Å². The number of benzene rings is 1. The predicted molar refractivity (Wildman–Crippen MR) is 86.6 cm³/mol. The summed E-state index contributed by atoms with van der Waals surface area (Å²) in [5.41, 5.74) is 7.35. The standard InChI is InChI=1S/C18H29FN2/c1-4-14-5-11-17(12-6-14)21(3)18(13(2)20)15-7-9-16(19)10-8-15/h7-10,13-14,17-18H,4-6,11-12,20H2,1-3H3. The van der Waals surface area contributed by atoms with Crippen LogP contribution in [0.2, 0.25) is 0 Å². The summed E-state index contributed by atoms with van der Waals surface area (Å²) in [6.07, 6.45) is 6.44. The summed E-state index contributed by atoms with van der Waals surface area (Å²) in [6.45, 7) is 4.33. The van der Waals surface area contributed by atoms with Gasteiger partial charge in [0.2, 0.25) is 0 Å². The second-order valence-electron chi connectivity index (χ2n) is 6.60. The molecule has 0 aromatic heterocycles. The molecule has 2 nitrogen and oxygen atoms in total. The van der Waals surface area contributed by atoms with Gasteiger partial charge >= 0.3 is 0 Å². The molecule has 1 aromatic rings. The van der Waals surface area contributed by atoms with Gasteiger partial charge in [-0.25, -0.2) is 4.39 Å². The van der Waals surface area contributed by atoms with Crippen molar-refractivity contribution in [1.29, 1.82) is 0 Å². The lowest BCUT2D eigenvalue weighted by Gasteiger charge is -2.40. The molecule has 21 heavy (non-hydrogen) atoms. The lowest BCUT2D eigenvalue weighted by Crippen LogP contribution is -2.44. The molecule has 2 rings (SSSR count). The molecule has 0 bridgehead atoms. The van der Waals surface area contributed by atoms with Crippen molar-refractivity contribution < 1.29 is 4.39 Å². The van der Waals surface area contributed by atoms with Gasteiger partial charge in [0, 0.05) is 18.1 Å². The Bertz CT molecular complexity index is 421. The largest absolute Gasteiger partial charge is 0.326 e. The van der Waals surface area contributed by atoms with Gasteiger partial charge in [-0.15, -0.1) is 0 Å². The van der Waals surface area contributed by atoms with Gasteiger partial charge in [-0.05, 0) is 63.3 Å². The van der Waals surface area contributed by atoms with Crippen molar-refractivity contribution in [3.63, 3.8) is 0 Å². The topological polar surface area (TPSA) is 29.3 Å². The Balaban J connectivity index is 2.09. The van der Waals surface area contributed by atoms with E-state index in [4.69, 9.17) is 5.73 Å². The number of hydrogen-bond donors (Lipinski definition) is 1. The van der Waals surface area contributed by atoms with Crippen molar-refractivity contribution in [3.05, 3.63) is 35.6 Å². The monoisotopic (exact) mass is 292 g/mol. The summed E-state index contributed by atoms with van der Waals surface area (Å²) in [4.78, 5) is 2.42. The normalized spacial score (nSPS) is 25.8. The minimum Gasteiger partial charge on any atom is -0.326 e. The Morgan fingerprint density at radius 2 is 1.76 bits per heavy atom. The molecule has 0 saturated heterocycles. The lowest BCUT2D eigenvalue weighted by atomic mass is 9.83. The van der Waals surface area contributed by atoms with E-state index in [1.807, 2.05) is 19.1 Å². The van der Waals surface area contributed by atoms with Crippen LogP contribution in [0, 0.1) is 11.7 Å². The third-order valence-electron chi connectivity index (χ3n) is 5.12. The lowest BCUT2D eigenvalue weighted by molar-refractivity contribution is 0.107. The Labute approximate surface area is 128 Å². The number of nitrogens with two attached hydrogens (primary N) is 1. The molecule has 0 amide bonds. The molecule has 1 saturated carbocycles. The summed E-state index contributed by atoms with van der Waals surface area (Å²) in [5.74, 6) is 0.711. The van der Waals surface area contributed by atoms with Gasteiger partial charge in [-0.2, -0.15) is 0 Å². The van der Waals surface area contributed by atoms with E-state index in [0.29, 0.717) is 6.04 Å². The highest BCUT2D eigenvalue weighted by Crippen LogP contribution is 2.33. The maximum atomic E-state index is 13.1. The average molecular weight is 292 g/mol. The van der Waals surface area contributed by atoms with Gasteiger partial charge in [0.1, 0.15) is 5.82 Å². The first kappa shape index (κ1) is 16.4. The van der Waals surface area contributed by atoms with Crippen molar-refractivity contribution >= 4 is 0 Å². The van der Waals surface area contributed by atoms with Gasteiger partial charge < -0.3 is 5.73 Å². The van der Waals surface area contributed by atoms with Gasteiger partial charge in [0.25, 0.3) is 0 Å². The molecule has 1 aliphatic rings. The average Bonchev–Trinajstić information content (AvgIpc) is 2.49. The molecule has 2 N–H and O–H groups in total. The second kappa shape index (κ2) is 7.37. The molecule has 2 unspecified atom stereocenters. The van der Waals surface area contributed by atoms with Crippen LogP contribution in [0.5, 0.6) is 0 Å². The highest BCUT2D eigenvalue weighted by atomic mass is 19.1. The first-order valence-corrected chi connectivity index (χ1v) is 8.26. The minimum absolute atomic E-state index is 0.0318. The fraction of sp³-hybridized carbons (Fsp3) is 0.667. The fourth-order valence-corrected chi connectivity index (χ4v) is 3.76. The Hall–Kier alpha value is -0.930. The van der Waals surface area contributed by atoms with Crippen molar-refractivity contribution in [2.24, 2.45) is 11.7 Å². The van der Waals surface area contributed by atoms with Crippen LogP contribution in [0.1, 0.15) is 57.6 Å². The van der Waals surface area contributed by atoms with E-state index in [9.17, 15) is 4.39 Å². The Morgan fingerprint density at radius 3 is 2.24 bits per heavy atom. The predicted octanol–water partition coefficient (Wildman–Crippen LogP) is 4.11. The van der Waals surface area contributed by atoms with E-state index in [1.165, 1.54) is 44.2 Å².